The first-order valence-corrected chi connectivity index (χ1v) is 5.33. The van der Waals surface area contributed by atoms with E-state index in [4.69, 9.17) is 5.73 Å². The SMILES string of the molecule is CC(C)NC(=O)CN=C(N)N(C)C1CC1. The maximum Gasteiger partial charge on any atom is 0.242 e. The van der Waals surface area contributed by atoms with Crippen molar-refractivity contribution < 1.29 is 4.79 Å². The molecule has 1 amide bonds. The van der Waals surface area contributed by atoms with E-state index in [1.807, 2.05) is 25.8 Å². The van der Waals surface area contributed by atoms with Crippen LogP contribution in [0.25, 0.3) is 0 Å². The number of rotatable bonds is 4. The van der Waals surface area contributed by atoms with E-state index in [2.05, 4.69) is 10.3 Å². The van der Waals surface area contributed by atoms with E-state index in [1.165, 1.54) is 12.8 Å². The van der Waals surface area contributed by atoms with Crippen molar-refractivity contribution in [1.82, 2.24) is 10.2 Å². The van der Waals surface area contributed by atoms with Gasteiger partial charge in [-0.3, -0.25) is 4.79 Å². The molecular weight excluding hydrogens is 192 g/mol. The van der Waals surface area contributed by atoms with Gasteiger partial charge in [-0.25, -0.2) is 4.99 Å². The third kappa shape index (κ3) is 4.18. The Morgan fingerprint density at radius 1 is 1.60 bits per heavy atom. The Kier molecular flexibility index (Phi) is 3.94. The highest BCUT2D eigenvalue weighted by Crippen LogP contribution is 2.24. The van der Waals surface area contributed by atoms with Crippen LogP contribution in [0.4, 0.5) is 0 Å². The lowest BCUT2D eigenvalue weighted by Crippen LogP contribution is -2.38. The summed E-state index contributed by atoms with van der Waals surface area (Å²) in [6, 6.07) is 0.678. The molecule has 0 aromatic carbocycles. The quantitative estimate of drug-likeness (QED) is 0.506. The van der Waals surface area contributed by atoms with Gasteiger partial charge < -0.3 is 16.0 Å². The van der Waals surface area contributed by atoms with Gasteiger partial charge in [0.1, 0.15) is 6.54 Å². The van der Waals surface area contributed by atoms with Crippen LogP contribution in [-0.4, -0.2) is 42.4 Å². The molecule has 1 rings (SSSR count). The van der Waals surface area contributed by atoms with Crippen molar-refractivity contribution in [2.45, 2.75) is 38.8 Å². The average Bonchev–Trinajstić information content (AvgIpc) is 2.95. The van der Waals surface area contributed by atoms with Gasteiger partial charge in [-0.2, -0.15) is 0 Å². The van der Waals surface area contributed by atoms with Crippen LogP contribution in [0.5, 0.6) is 0 Å². The van der Waals surface area contributed by atoms with E-state index in [0.29, 0.717) is 12.0 Å². The zero-order valence-corrected chi connectivity index (χ0v) is 9.66. The average molecular weight is 212 g/mol. The molecule has 0 atom stereocenters. The number of hydrogen-bond acceptors (Lipinski definition) is 2. The Morgan fingerprint density at radius 2 is 2.20 bits per heavy atom. The fourth-order valence-corrected chi connectivity index (χ4v) is 1.28. The summed E-state index contributed by atoms with van der Waals surface area (Å²) < 4.78 is 0. The van der Waals surface area contributed by atoms with E-state index < -0.39 is 0 Å². The van der Waals surface area contributed by atoms with Gasteiger partial charge >= 0.3 is 0 Å². The Morgan fingerprint density at radius 3 is 2.67 bits per heavy atom. The first-order chi connectivity index (χ1) is 7.00. The van der Waals surface area contributed by atoms with E-state index in [9.17, 15) is 4.79 Å². The molecule has 0 bridgehead atoms. The molecule has 5 heteroatoms. The second-order valence-corrected chi connectivity index (χ2v) is 4.24. The van der Waals surface area contributed by atoms with Crippen LogP contribution in [0.2, 0.25) is 0 Å². The van der Waals surface area contributed by atoms with Crippen molar-refractivity contribution in [2.75, 3.05) is 13.6 Å². The van der Waals surface area contributed by atoms with Crippen LogP contribution >= 0.6 is 0 Å². The number of nitrogens with zero attached hydrogens (tertiary/aromatic N) is 2. The molecule has 1 aliphatic carbocycles. The zero-order valence-electron chi connectivity index (χ0n) is 9.66. The number of carbonyl (C=O) groups is 1. The van der Waals surface area contributed by atoms with Crippen molar-refractivity contribution in [3.63, 3.8) is 0 Å². The Bertz CT molecular complexity index is 258. The fourth-order valence-electron chi connectivity index (χ4n) is 1.28. The summed E-state index contributed by atoms with van der Waals surface area (Å²) in [5, 5.41) is 2.76. The summed E-state index contributed by atoms with van der Waals surface area (Å²) in [6.45, 7) is 3.95. The number of carbonyl (C=O) groups excluding carboxylic acids is 1. The minimum absolute atomic E-state index is 0.0860. The summed E-state index contributed by atoms with van der Waals surface area (Å²) in [5.74, 6) is 0.369. The van der Waals surface area contributed by atoms with Gasteiger partial charge in [0.2, 0.25) is 5.91 Å². The molecule has 15 heavy (non-hydrogen) atoms. The summed E-state index contributed by atoms with van der Waals surface area (Å²) in [7, 11) is 1.91. The molecule has 0 radical (unpaired) electrons. The van der Waals surface area contributed by atoms with Crippen molar-refractivity contribution in [2.24, 2.45) is 10.7 Å². The summed E-state index contributed by atoms with van der Waals surface area (Å²) >= 11 is 0. The summed E-state index contributed by atoms with van der Waals surface area (Å²) in [5.41, 5.74) is 5.73. The van der Waals surface area contributed by atoms with Crippen molar-refractivity contribution in [3.8, 4) is 0 Å². The molecule has 1 aliphatic rings. The van der Waals surface area contributed by atoms with Gasteiger partial charge in [-0.1, -0.05) is 0 Å². The Hall–Kier alpha value is -1.26. The number of nitrogens with two attached hydrogens (primary N) is 1. The van der Waals surface area contributed by atoms with E-state index >= 15 is 0 Å². The molecule has 0 aliphatic heterocycles. The zero-order chi connectivity index (χ0) is 11.4. The smallest absolute Gasteiger partial charge is 0.242 e. The molecule has 3 N–H and O–H groups in total. The van der Waals surface area contributed by atoms with E-state index in [1.54, 1.807) is 0 Å². The maximum atomic E-state index is 11.3. The predicted molar refractivity (Wildman–Crippen MR) is 60.6 cm³/mol. The first kappa shape index (κ1) is 11.8. The van der Waals surface area contributed by atoms with Crippen molar-refractivity contribution >= 4 is 11.9 Å². The Labute approximate surface area is 90.7 Å². The normalized spacial score (nSPS) is 16.7. The third-order valence-electron chi connectivity index (χ3n) is 2.29. The molecule has 1 fully saturated rings. The largest absolute Gasteiger partial charge is 0.370 e. The van der Waals surface area contributed by atoms with Crippen LogP contribution in [0.3, 0.4) is 0 Å². The summed E-state index contributed by atoms with van der Waals surface area (Å²) in [4.78, 5) is 17.3. The highest BCUT2D eigenvalue weighted by atomic mass is 16.1. The lowest BCUT2D eigenvalue weighted by molar-refractivity contribution is -0.120. The topological polar surface area (TPSA) is 70.7 Å². The van der Waals surface area contributed by atoms with Crippen LogP contribution in [0.15, 0.2) is 4.99 Å². The molecule has 0 spiro atoms. The third-order valence-corrected chi connectivity index (χ3v) is 2.29. The predicted octanol–water partition coefficient (Wildman–Crippen LogP) is -0.0801. The second-order valence-electron chi connectivity index (χ2n) is 4.24. The van der Waals surface area contributed by atoms with Crippen LogP contribution in [-0.2, 0) is 4.79 Å². The van der Waals surface area contributed by atoms with Gasteiger partial charge in [0.05, 0.1) is 0 Å². The second kappa shape index (κ2) is 5.00. The standard InChI is InChI=1S/C10H20N4O/c1-7(2)13-9(15)6-12-10(11)14(3)8-4-5-8/h7-8H,4-6H2,1-3H3,(H2,11,12)(H,13,15). The lowest BCUT2D eigenvalue weighted by Gasteiger charge is -2.16. The fraction of sp³-hybridized carbons (Fsp3) is 0.800. The lowest BCUT2D eigenvalue weighted by atomic mass is 10.4. The van der Waals surface area contributed by atoms with E-state index in [0.717, 1.165) is 0 Å². The molecule has 5 nitrogen and oxygen atoms in total. The molecule has 0 aromatic rings. The van der Waals surface area contributed by atoms with Crippen LogP contribution in [0, 0.1) is 0 Å². The minimum Gasteiger partial charge on any atom is -0.370 e. The van der Waals surface area contributed by atoms with Gasteiger partial charge in [-0.05, 0) is 26.7 Å². The molecule has 0 aromatic heterocycles. The van der Waals surface area contributed by atoms with Crippen LogP contribution in [0.1, 0.15) is 26.7 Å². The Balaban J connectivity index is 2.32. The van der Waals surface area contributed by atoms with Crippen molar-refractivity contribution in [3.05, 3.63) is 0 Å². The highest BCUT2D eigenvalue weighted by molar-refractivity contribution is 5.84. The highest BCUT2D eigenvalue weighted by Gasteiger charge is 2.27. The maximum absolute atomic E-state index is 11.3. The van der Waals surface area contributed by atoms with Crippen molar-refractivity contribution in [1.29, 1.82) is 0 Å². The molecule has 0 heterocycles. The molecule has 86 valence electrons. The van der Waals surface area contributed by atoms with Crippen LogP contribution < -0.4 is 11.1 Å². The van der Waals surface area contributed by atoms with Gasteiger partial charge in [0.25, 0.3) is 0 Å². The first-order valence-electron chi connectivity index (χ1n) is 5.33. The summed E-state index contributed by atoms with van der Waals surface area (Å²) in [6.07, 6.45) is 2.34. The molecule has 1 saturated carbocycles. The number of aliphatic imine (C=N–C) groups is 1. The number of hydrogen-bond donors (Lipinski definition) is 2. The number of guanidine groups is 1. The van der Waals surface area contributed by atoms with Gasteiger partial charge in [0.15, 0.2) is 5.96 Å². The van der Waals surface area contributed by atoms with E-state index in [-0.39, 0.29) is 18.5 Å². The number of nitrogens with one attached hydrogen (secondary N) is 1. The minimum atomic E-state index is -0.0860. The van der Waals surface area contributed by atoms with Gasteiger partial charge in [0, 0.05) is 19.1 Å². The molecule has 0 saturated heterocycles. The van der Waals surface area contributed by atoms with Gasteiger partial charge in [-0.15, -0.1) is 0 Å². The monoisotopic (exact) mass is 212 g/mol. The molecule has 0 unspecified atom stereocenters. The molecular formula is C10H20N4O. The number of amides is 1.